The van der Waals surface area contributed by atoms with Crippen LogP contribution >= 0.6 is 12.4 Å². The zero-order valence-electron chi connectivity index (χ0n) is 14.5. The third-order valence-electron chi connectivity index (χ3n) is 5.64. The van der Waals surface area contributed by atoms with Crippen LogP contribution in [0.4, 0.5) is 5.69 Å². The van der Waals surface area contributed by atoms with Crippen LogP contribution in [0.3, 0.4) is 0 Å². The highest BCUT2D eigenvalue weighted by atomic mass is 35.5. The molecule has 2 saturated carbocycles. The number of nitrogens with zero attached hydrogens (tertiary/aromatic N) is 1. The number of oxazole rings is 1. The molecular weight excluding hydrogens is 338 g/mol. The van der Waals surface area contributed by atoms with E-state index in [2.05, 4.69) is 10.3 Å². The number of fused-ring (bicyclic) bond motifs is 2. The summed E-state index contributed by atoms with van der Waals surface area (Å²) >= 11 is 0. The molecule has 4 rings (SSSR count). The second-order valence-corrected chi connectivity index (χ2v) is 7.25. The van der Waals surface area contributed by atoms with Crippen molar-refractivity contribution >= 4 is 24.0 Å². The Morgan fingerprint density at radius 2 is 2.04 bits per heavy atom. The Bertz CT molecular complexity index is 787. The first-order valence-corrected chi connectivity index (χ1v) is 8.62. The van der Waals surface area contributed by atoms with Gasteiger partial charge in [-0.25, -0.2) is 4.98 Å². The molecule has 3 N–H and O–H groups in total. The number of nitrogens with two attached hydrogens (primary N) is 1. The maximum Gasteiger partial charge on any atom is 0.229 e. The normalized spacial score (nSPS) is 27.2. The second kappa shape index (κ2) is 6.81. The highest BCUT2D eigenvalue weighted by molar-refractivity contribution is 5.94. The van der Waals surface area contributed by atoms with Gasteiger partial charge in [0.1, 0.15) is 6.26 Å². The van der Waals surface area contributed by atoms with Gasteiger partial charge < -0.3 is 15.5 Å². The van der Waals surface area contributed by atoms with Crippen molar-refractivity contribution in [1.82, 2.24) is 4.98 Å². The minimum Gasteiger partial charge on any atom is -0.444 e. The number of halogens is 1. The smallest absolute Gasteiger partial charge is 0.229 e. The Kier molecular flexibility index (Phi) is 4.89. The predicted molar refractivity (Wildman–Crippen MR) is 99.6 cm³/mol. The summed E-state index contributed by atoms with van der Waals surface area (Å²) in [6.45, 7) is 3.90. The summed E-state index contributed by atoms with van der Waals surface area (Å²) in [5.74, 6) is 1.54. The molecule has 5 nitrogen and oxygen atoms in total. The molecule has 1 amide bonds. The van der Waals surface area contributed by atoms with Crippen LogP contribution in [0.25, 0.3) is 11.5 Å². The number of hydrogen-bond acceptors (Lipinski definition) is 4. The van der Waals surface area contributed by atoms with E-state index in [0.717, 1.165) is 35.3 Å². The molecular formula is C19H24ClN3O2. The molecule has 134 valence electrons. The molecule has 2 bridgehead atoms. The molecule has 4 atom stereocenters. The quantitative estimate of drug-likeness (QED) is 0.873. The van der Waals surface area contributed by atoms with E-state index in [9.17, 15) is 4.79 Å². The number of carbonyl (C=O) groups excluding carboxylic acids is 1. The zero-order chi connectivity index (χ0) is 16.8. The summed E-state index contributed by atoms with van der Waals surface area (Å²) < 4.78 is 5.50. The topological polar surface area (TPSA) is 81.2 Å². The van der Waals surface area contributed by atoms with Crippen molar-refractivity contribution in [2.45, 2.75) is 39.2 Å². The molecule has 4 unspecified atom stereocenters. The van der Waals surface area contributed by atoms with Gasteiger partial charge in [0, 0.05) is 17.3 Å². The summed E-state index contributed by atoms with van der Waals surface area (Å²) in [5, 5.41) is 3.05. The summed E-state index contributed by atoms with van der Waals surface area (Å²) in [4.78, 5) is 17.1. The first kappa shape index (κ1) is 18.0. The molecule has 2 aliphatic carbocycles. The van der Waals surface area contributed by atoms with Gasteiger partial charge in [-0.1, -0.05) is 6.07 Å². The highest BCUT2D eigenvalue weighted by Gasteiger charge is 2.49. The summed E-state index contributed by atoms with van der Waals surface area (Å²) in [6, 6.07) is 5.83. The molecule has 1 aromatic heterocycles. The Labute approximate surface area is 153 Å². The molecule has 0 aliphatic heterocycles. The minimum atomic E-state index is -0.0579. The van der Waals surface area contributed by atoms with Gasteiger partial charge in [-0.3, -0.25) is 4.79 Å². The number of aromatic nitrogens is 1. The Morgan fingerprint density at radius 1 is 1.28 bits per heavy atom. The molecule has 2 aliphatic rings. The number of amides is 1. The molecule has 1 heterocycles. The monoisotopic (exact) mass is 361 g/mol. The lowest BCUT2D eigenvalue weighted by Gasteiger charge is -2.27. The van der Waals surface area contributed by atoms with Crippen molar-refractivity contribution in [3.8, 4) is 11.5 Å². The molecule has 6 heteroatoms. The summed E-state index contributed by atoms with van der Waals surface area (Å²) in [5.41, 5.74) is 9.85. The van der Waals surface area contributed by atoms with Gasteiger partial charge in [0.25, 0.3) is 0 Å². The number of rotatable bonds is 3. The van der Waals surface area contributed by atoms with Crippen LogP contribution in [-0.2, 0) is 4.79 Å². The van der Waals surface area contributed by atoms with Crippen LogP contribution in [0.5, 0.6) is 0 Å². The van der Waals surface area contributed by atoms with Gasteiger partial charge in [-0.2, -0.15) is 0 Å². The largest absolute Gasteiger partial charge is 0.444 e. The first-order chi connectivity index (χ1) is 11.5. The van der Waals surface area contributed by atoms with E-state index in [-0.39, 0.29) is 30.3 Å². The summed E-state index contributed by atoms with van der Waals surface area (Å²) in [7, 11) is 0. The maximum atomic E-state index is 12.7. The first-order valence-electron chi connectivity index (χ1n) is 8.62. The lowest BCUT2D eigenvalue weighted by Crippen LogP contribution is -2.42. The number of carbonyl (C=O) groups is 1. The number of aryl methyl sites for hydroxylation is 2. The van der Waals surface area contributed by atoms with E-state index in [1.54, 1.807) is 6.26 Å². The van der Waals surface area contributed by atoms with Crippen LogP contribution in [0.1, 0.15) is 30.5 Å². The van der Waals surface area contributed by atoms with E-state index in [1.165, 1.54) is 6.42 Å². The van der Waals surface area contributed by atoms with E-state index in [4.69, 9.17) is 10.2 Å². The molecule has 0 spiro atoms. The van der Waals surface area contributed by atoms with Crippen LogP contribution in [0, 0.1) is 31.6 Å². The standard InChI is InChI=1S/C19H23N3O2.ClH/c1-10-3-6-14(8-15(10)19-21-11(2)9-24-19)22-18(23)16-12-4-5-13(7-12)17(16)20;/h3,6,8-9,12-13,16-17H,4-5,7,20H2,1-2H3,(H,22,23);1H. The van der Waals surface area contributed by atoms with Crippen molar-refractivity contribution < 1.29 is 9.21 Å². The fourth-order valence-corrected chi connectivity index (χ4v) is 4.36. The van der Waals surface area contributed by atoms with Crippen molar-refractivity contribution in [3.05, 3.63) is 35.7 Å². The Balaban J connectivity index is 0.00000182. The second-order valence-electron chi connectivity index (χ2n) is 7.25. The maximum absolute atomic E-state index is 12.7. The number of nitrogens with one attached hydrogen (secondary N) is 1. The minimum absolute atomic E-state index is 0. The average molecular weight is 362 g/mol. The molecule has 2 aromatic rings. The van der Waals surface area contributed by atoms with E-state index < -0.39 is 0 Å². The highest BCUT2D eigenvalue weighted by Crippen LogP contribution is 2.48. The Morgan fingerprint density at radius 3 is 2.68 bits per heavy atom. The van der Waals surface area contributed by atoms with Gasteiger partial charge in [-0.15, -0.1) is 12.4 Å². The van der Waals surface area contributed by atoms with Gasteiger partial charge >= 0.3 is 0 Å². The van der Waals surface area contributed by atoms with E-state index in [0.29, 0.717) is 17.7 Å². The number of anilines is 1. The Hall–Kier alpha value is -1.85. The van der Waals surface area contributed by atoms with Crippen molar-refractivity contribution in [1.29, 1.82) is 0 Å². The lowest BCUT2D eigenvalue weighted by molar-refractivity contribution is -0.121. The van der Waals surface area contributed by atoms with Gasteiger partial charge in [0.15, 0.2) is 0 Å². The lowest BCUT2D eigenvalue weighted by atomic mass is 9.84. The van der Waals surface area contributed by atoms with Crippen molar-refractivity contribution in [3.63, 3.8) is 0 Å². The summed E-state index contributed by atoms with van der Waals surface area (Å²) in [6.07, 6.45) is 5.04. The van der Waals surface area contributed by atoms with E-state index in [1.807, 2.05) is 32.0 Å². The van der Waals surface area contributed by atoms with Crippen molar-refractivity contribution in [2.75, 3.05) is 5.32 Å². The molecule has 25 heavy (non-hydrogen) atoms. The third-order valence-corrected chi connectivity index (χ3v) is 5.64. The third kappa shape index (κ3) is 3.18. The predicted octanol–water partition coefficient (Wildman–Crippen LogP) is 3.69. The molecule has 0 saturated heterocycles. The zero-order valence-corrected chi connectivity index (χ0v) is 15.3. The average Bonchev–Trinajstić information content (AvgIpc) is 3.25. The number of hydrogen-bond donors (Lipinski definition) is 2. The van der Waals surface area contributed by atoms with E-state index >= 15 is 0 Å². The van der Waals surface area contributed by atoms with Gasteiger partial charge in [-0.05, 0) is 62.6 Å². The fourth-order valence-electron chi connectivity index (χ4n) is 4.36. The number of benzene rings is 1. The van der Waals surface area contributed by atoms with Crippen LogP contribution in [0.15, 0.2) is 28.9 Å². The van der Waals surface area contributed by atoms with Crippen LogP contribution in [-0.4, -0.2) is 16.9 Å². The van der Waals surface area contributed by atoms with Gasteiger partial charge in [0.05, 0.1) is 11.6 Å². The SMILES string of the molecule is Cc1coc(-c2cc(NC(=O)C3C4CCC(C4)C3N)ccc2C)n1.Cl. The van der Waals surface area contributed by atoms with Crippen LogP contribution in [0.2, 0.25) is 0 Å². The van der Waals surface area contributed by atoms with Crippen LogP contribution < -0.4 is 11.1 Å². The molecule has 1 aromatic carbocycles. The van der Waals surface area contributed by atoms with Gasteiger partial charge in [0.2, 0.25) is 11.8 Å². The molecule has 2 fully saturated rings. The fraction of sp³-hybridized carbons (Fsp3) is 0.474. The molecule has 0 radical (unpaired) electrons. The van der Waals surface area contributed by atoms with Crippen molar-refractivity contribution in [2.24, 2.45) is 23.5 Å².